The Morgan fingerprint density at radius 1 is 0.651 bits per heavy atom. The number of esters is 2. The molecule has 10 heteroatoms. The monoisotopic (exact) mass is 600 g/mol. The van der Waals surface area contributed by atoms with E-state index in [0.29, 0.717) is 19.4 Å². The number of ether oxygens (including phenoxy) is 3. The number of rotatable bonds is 21. The van der Waals surface area contributed by atoms with Crippen molar-refractivity contribution in [1.29, 1.82) is 0 Å². The van der Waals surface area contributed by atoms with Crippen LogP contribution in [0.3, 0.4) is 0 Å². The van der Waals surface area contributed by atoms with E-state index in [0.717, 1.165) is 49.8 Å². The number of aliphatic hydroxyl groups excluding tert-OH is 1. The second-order valence-electron chi connectivity index (χ2n) is 9.65. The topological polar surface area (TPSA) is 157 Å². The molecule has 0 radical (unpaired) electrons. The number of carbonyl (C=O) groups is 4. The maximum absolute atomic E-state index is 11.8. The van der Waals surface area contributed by atoms with E-state index in [4.69, 9.17) is 29.5 Å². The van der Waals surface area contributed by atoms with Gasteiger partial charge in [-0.05, 0) is 56.0 Å². The van der Waals surface area contributed by atoms with Gasteiger partial charge in [-0.1, -0.05) is 69.7 Å². The van der Waals surface area contributed by atoms with Crippen molar-refractivity contribution in [3.05, 3.63) is 77.9 Å². The lowest BCUT2D eigenvalue weighted by Crippen LogP contribution is -2.14. The predicted octanol–water partition coefficient (Wildman–Crippen LogP) is 6.32. The Hall–Kier alpha value is -4.18. The first-order valence-corrected chi connectivity index (χ1v) is 14.7. The Bertz CT molecular complexity index is 1110. The van der Waals surface area contributed by atoms with E-state index < -0.39 is 17.9 Å². The summed E-state index contributed by atoms with van der Waals surface area (Å²) in [6, 6.07) is 13.1. The van der Waals surface area contributed by atoms with Gasteiger partial charge in [-0.15, -0.1) is 0 Å². The first kappa shape index (κ1) is 36.8. The molecular weight excluding hydrogens is 556 g/mol. The highest BCUT2D eigenvalue weighted by molar-refractivity contribution is 6.04. The molecule has 0 unspecified atom stereocenters. The third-order valence-corrected chi connectivity index (χ3v) is 6.21. The number of aliphatic hydroxyl groups is 1. The average Bonchev–Trinajstić information content (AvgIpc) is 3.01. The molecule has 0 amide bonds. The van der Waals surface area contributed by atoms with Crippen molar-refractivity contribution in [1.82, 2.24) is 0 Å². The largest absolute Gasteiger partial charge is 0.494 e. The Balaban J connectivity index is 0.000000434. The predicted molar refractivity (Wildman–Crippen MR) is 162 cm³/mol. The molecule has 2 aromatic rings. The summed E-state index contributed by atoms with van der Waals surface area (Å²) in [6.07, 6.45) is 12.9. The van der Waals surface area contributed by atoms with Gasteiger partial charge >= 0.3 is 23.9 Å². The Labute approximate surface area is 253 Å². The van der Waals surface area contributed by atoms with Crippen molar-refractivity contribution in [2.45, 2.75) is 70.6 Å². The zero-order valence-corrected chi connectivity index (χ0v) is 24.7. The fraction of sp³-hybridized carbons (Fsp3) is 0.455. The SMILES string of the molecule is C=CC(=O)OCCCCCCCCCCCOc1ccccc1.O=C(O)c1ccc(C(=O)O)c(C(=O)OCCCCO)c1. The molecule has 10 nitrogen and oxygen atoms in total. The van der Waals surface area contributed by atoms with Crippen molar-refractivity contribution in [3.63, 3.8) is 0 Å². The Kier molecular flexibility index (Phi) is 20.0. The molecule has 0 saturated carbocycles. The molecule has 43 heavy (non-hydrogen) atoms. The summed E-state index contributed by atoms with van der Waals surface area (Å²) < 4.78 is 15.5. The van der Waals surface area contributed by atoms with Gasteiger partial charge in [0.2, 0.25) is 0 Å². The number of carboxylic acid groups (broad SMARTS) is 2. The molecule has 0 spiro atoms. The Morgan fingerprint density at radius 2 is 1.21 bits per heavy atom. The van der Waals surface area contributed by atoms with Gasteiger partial charge in [0.15, 0.2) is 0 Å². The van der Waals surface area contributed by atoms with Crippen LogP contribution in [-0.4, -0.2) is 65.6 Å². The number of hydrogen-bond acceptors (Lipinski definition) is 8. The summed E-state index contributed by atoms with van der Waals surface area (Å²) in [4.78, 5) is 44.4. The van der Waals surface area contributed by atoms with Gasteiger partial charge < -0.3 is 29.5 Å². The van der Waals surface area contributed by atoms with Gasteiger partial charge in [0.1, 0.15) is 5.75 Å². The molecule has 0 aliphatic rings. The van der Waals surface area contributed by atoms with Crippen molar-refractivity contribution >= 4 is 23.9 Å². The molecule has 236 valence electrons. The minimum Gasteiger partial charge on any atom is -0.494 e. The molecule has 0 aliphatic heterocycles. The van der Waals surface area contributed by atoms with E-state index in [-0.39, 0.29) is 35.9 Å². The van der Waals surface area contributed by atoms with E-state index in [1.54, 1.807) is 0 Å². The molecule has 0 aliphatic carbocycles. The second-order valence-corrected chi connectivity index (χ2v) is 9.65. The summed E-state index contributed by atoms with van der Waals surface area (Å²) in [5.74, 6) is -2.86. The first-order chi connectivity index (χ1) is 20.8. The summed E-state index contributed by atoms with van der Waals surface area (Å²) >= 11 is 0. The van der Waals surface area contributed by atoms with Gasteiger partial charge in [0.05, 0.1) is 36.5 Å². The van der Waals surface area contributed by atoms with Crippen LogP contribution in [0.5, 0.6) is 5.75 Å². The first-order valence-electron chi connectivity index (χ1n) is 14.7. The van der Waals surface area contributed by atoms with Crippen LogP contribution in [0.4, 0.5) is 0 Å². The molecule has 2 aromatic carbocycles. The van der Waals surface area contributed by atoms with Crippen LogP contribution in [0.2, 0.25) is 0 Å². The lowest BCUT2D eigenvalue weighted by Gasteiger charge is -2.08. The minimum atomic E-state index is -1.34. The zero-order chi connectivity index (χ0) is 31.7. The molecule has 0 bridgehead atoms. The molecule has 2 rings (SSSR count). The highest BCUT2D eigenvalue weighted by Gasteiger charge is 2.20. The highest BCUT2D eigenvalue weighted by atomic mass is 16.5. The molecule has 3 N–H and O–H groups in total. The van der Waals surface area contributed by atoms with Crippen LogP contribution in [0.15, 0.2) is 61.2 Å². The molecule has 0 heterocycles. The van der Waals surface area contributed by atoms with Crippen LogP contribution in [0.1, 0.15) is 102 Å². The van der Waals surface area contributed by atoms with Gasteiger partial charge in [-0.25, -0.2) is 19.2 Å². The average molecular weight is 601 g/mol. The van der Waals surface area contributed by atoms with E-state index in [1.165, 1.54) is 44.6 Å². The number of unbranched alkanes of at least 4 members (excludes halogenated alkanes) is 9. The van der Waals surface area contributed by atoms with E-state index in [2.05, 4.69) is 6.58 Å². The van der Waals surface area contributed by atoms with E-state index in [1.807, 2.05) is 30.3 Å². The summed E-state index contributed by atoms with van der Waals surface area (Å²) in [5, 5.41) is 26.4. The fourth-order valence-electron chi connectivity index (χ4n) is 3.87. The standard InChI is InChI=1S/C20H30O3.C13H14O7/c1-2-20(21)23-18-14-9-7-5-3-4-6-8-13-17-22-19-15-11-10-12-16-19;14-5-1-2-6-20-13(19)10-7-8(11(15)16)3-4-9(10)12(17)18/h2,10-12,15-16H,1,3-9,13-14,17-18H2;3-4,7,14H,1-2,5-6H2,(H,15,16)(H,17,18). The normalized spacial score (nSPS) is 10.2. The molecule has 0 saturated heterocycles. The zero-order valence-electron chi connectivity index (χ0n) is 24.7. The molecular formula is C33H44O10. The van der Waals surface area contributed by atoms with Gasteiger partial charge in [-0.3, -0.25) is 0 Å². The third-order valence-electron chi connectivity index (χ3n) is 6.21. The lowest BCUT2D eigenvalue weighted by atomic mass is 10.0. The minimum absolute atomic E-state index is 0.0236. The fourth-order valence-corrected chi connectivity index (χ4v) is 3.87. The second kappa shape index (κ2) is 23.4. The summed E-state index contributed by atoms with van der Waals surface area (Å²) in [5.41, 5.74) is -0.819. The number of carbonyl (C=O) groups excluding carboxylic acids is 2. The van der Waals surface area contributed by atoms with Crippen molar-refractivity contribution in [2.75, 3.05) is 26.4 Å². The van der Waals surface area contributed by atoms with Crippen LogP contribution < -0.4 is 4.74 Å². The number of benzene rings is 2. The Morgan fingerprint density at radius 3 is 1.77 bits per heavy atom. The molecule has 0 fully saturated rings. The van der Waals surface area contributed by atoms with Crippen LogP contribution in [-0.2, 0) is 14.3 Å². The maximum atomic E-state index is 11.8. The van der Waals surface area contributed by atoms with Crippen LogP contribution in [0, 0.1) is 0 Å². The number of carboxylic acids is 2. The number of para-hydroxylation sites is 1. The van der Waals surface area contributed by atoms with Crippen LogP contribution >= 0.6 is 0 Å². The van der Waals surface area contributed by atoms with Gasteiger partial charge in [0, 0.05) is 12.7 Å². The molecule has 0 atom stereocenters. The third kappa shape index (κ3) is 17.4. The van der Waals surface area contributed by atoms with Crippen LogP contribution in [0.25, 0.3) is 0 Å². The van der Waals surface area contributed by atoms with Gasteiger partial charge in [0.25, 0.3) is 0 Å². The summed E-state index contributed by atoms with van der Waals surface area (Å²) in [6.45, 7) is 4.69. The van der Waals surface area contributed by atoms with Gasteiger partial charge in [-0.2, -0.15) is 0 Å². The van der Waals surface area contributed by atoms with Crippen molar-refractivity contribution < 1.29 is 48.7 Å². The highest BCUT2D eigenvalue weighted by Crippen LogP contribution is 2.15. The smallest absolute Gasteiger partial charge is 0.339 e. The van der Waals surface area contributed by atoms with E-state index in [9.17, 15) is 19.2 Å². The van der Waals surface area contributed by atoms with Crippen molar-refractivity contribution in [2.24, 2.45) is 0 Å². The number of aromatic carboxylic acids is 2. The maximum Gasteiger partial charge on any atom is 0.339 e. The summed E-state index contributed by atoms with van der Waals surface area (Å²) in [7, 11) is 0. The molecule has 0 aromatic heterocycles. The lowest BCUT2D eigenvalue weighted by molar-refractivity contribution is -0.137. The van der Waals surface area contributed by atoms with E-state index >= 15 is 0 Å². The van der Waals surface area contributed by atoms with Crippen molar-refractivity contribution in [3.8, 4) is 5.75 Å². The quantitative estimate of drug-likeness (QED) is 0.0842. The number of hydrogen-bond donors (Lipinski definition) is 3.